The van der Waals surface area contributed by atoms with E-state index >= 15 is 0 Å². The molecule has 0 bridgehead atoms. The summed E-state index contributed by atoms with van der Waals surface area (Å²) < 4.78 is 16.7. The first-order valence-corrected chi connectivity index (χ1v) is 15.1. The number of nitrogens with zero attached hydrogens (tertiary/aromatic N) is 2. The van der Waals surface area contributed by atoms with E-state index in [9.17, 15) is 9.59 Å². The number of rotatable bonds is 18. The minimum Gasteiger partial charge on any atom is -0.490 e. The highest BCUT2D eigenvalue weighted by atomic mass is 16.5. The highest BCUT2D eigenvalue weighted by Crippen LogP contribution is 2.20. The minimum atomic E-state index is -0.495. The lowest BCUT2D eigenvalue weighted by atomic mass is 10.1. The van der Waals surface area contributed by atoms with Crippen LogP contribution in [0.1, 0.15) is 112 Å². The molecule has 3 aromatic rings. The third-order valence-electron chi connectivity index (χ3n) is 6.85. The summed E-state index contributed by atoms with van der Waals surface area (Å²) in [6.07, 6.45) is 16.2. The number of aromatic nitrogens is 2. The van der Waals surface area contributed by atoms with Crippen LogP contribution in [0.25, 0.3) is 11.4 Å². The molecule has 220 valence electrons. The summed E-state index contributed by atoms with van der Waals surface area (Å²) in [6.45, 7) is 6.90. The van der Waals surface area contributed by atoms with Crippen molar-refractivity contribution in [3.63, 3.8) is 0 Å². The van der Waals surface area contributed by atoms with Gasteiger partial charge in [-0.1, -0.05) is 83.8 Å². The van der Waals surface area contributed by atoms with E-state index in [-0.39, 0.29) is 12.1 Å². The van der Waals surface area contributed by atoms with Crippen molar-refractivity contribution >= 4 is 11.9 Å². The fraction of sp³-hybridized carbons (Fsp3) is 0.471. The highest BCUT2D eigenvalue weighted by Gasteiger charge is 2.14. The third kappa shape index (κ3) is 11.3. The molecule has 0 aliphatic heterocycles. The average Bonchev–Trinajstić information content (AvgIpc) is 3.00. The van der Waals surface area contributed by atoms with Crippen LogP contribution in [0.2, 0.25) is 0 Å². The van der Waals surface area contributed by atoms with E-state index in [4.69, 9.17) is 14.2 Å². The van der Waals surface area contributed by atoms with Crippen molar-refractivity contribution in [1.29, 1.82) is 0 Å². The molecule has 0 radical (unpaired) electrons. The van der Waals surface area contributed by atoms with E-state index in [1.807, 2.05) is 6.92 Å². The van der Waals surface area contributed by atoms with Crippen LogP contribution in [0.15, 0.2) is 60.9 Å². The van der Waals surface area contributed by atoms with Gasteiger partial charge in [0.05, 0.1) is 36.2 Å². The molecule has 41 heavy (non-hydrogen) atoms. The molecule has 3 rings (SSSR count). The minimum absolute atomic E-state index is 0.135. The third-order valence-corrected chi connectivity index (χ3v) is 6.85. The molecular formula is C34H44N2O5. The lowest BCUT2D eigenvalue weighted by Gasteiger charge is -2.13. The van der Waals surface area contributed by atoms with Gasteiger partial charge >= 0.3 is 11.9 Å². The van der Waals surface area contributed by atoms with Gasteiger partial charge in [0.1, 0.15) is 5.75 Å². The van der Waals surface area contributed by atoms with Crippen LogP contribution in [-0.4, -0.2) is 34.6 Å². The number of hydrogen-bond acceptors (Lipinski definition) is 7. The van der Waals surface area contributed by atoms with Crippen LogP contribution in [0.3, 0.4) is 0 Å². The van der Waals surface area contributed by atoms with Gasteiger partial charge in [-0.25, -0.2) is 19.6 Å². The Kier molecular flexibility index (Phi) is 13.8. The molecule has 1 heterocycles. The maximum Gasteiger partial charge on any atom is 0.343 e. The molecule has 2 aromatic carbocycles. The van der Waals surface area contributed by atoms with Gasteiger partial charge in [-0.05, 0) is 56.2 Å². The molecule has 1 atom stereocenters. The molecule has 0 N–H and O–H groups in total. The number of hydrogen-bond donors (Lipinski definition) is 0. The number of ether oxygens (including phenoxy) is 3. The molecule has 0 aliphatic rings. The maximum atomic E-state index is 12.6. The molecule has 0 saturated heterocycles. The normalized spacial score (nSPS) is 11.6. The Morgan fingerprint density at radius 2 is 1.24 bits per heavy atom. The molecule has 0 fully saturated rings. The van der Waals surface area contributed by atoms with Gasteiger partial charge in [-0.15, -0.1) is 0 Å². The topological polar surface area (TPSA) is 87.6 Å². The van der Waals surface area contributed by atoms with Crippen LogP contribution in [0.4, 0.5) is 0 Å². The predicted octanol–water partition coefficient (Wildman–Crippen LogP) is 8.62. The highest BCUT2D eigenvalue weighted by molar-refractivity contribution is 5.92. The van der Waals surface area contributed by atoms with Gasteiger partial charge in [0, 0.05) is 5.56 Å². The summed E-state index contributed by atoms with van der Waals surface area (Å²) in [6, 6.07) is 13.3. The van der Waals surface area contributed by atoms with Crippen molar-refractivity contribution in [2.24, 2.45) is 0 Å². The molecule has 7 nitrogen and oxygen atoms in total. The second-order valence-corrected chi connectivity index (χ2v) is 10.4. The Bertz CT molecular complexity index is 1180. The van der Waals surface area contributed by atoms with Crippen LogP contribution in [0.5, 0.6) is 11.5 Å². The Morgan fingerprint density at radius 3 is 1.88 bits per heavy atom. The molecular weight excluding hydrogens is 516 g/mol. The summed E-state index contributed by atoms with van der Waals surface area (Å²) >= 11 is 0. The molecule has 0 saturated carbocycles. The van der Waals surface area contributed by atoms with E-state index in [0.29, 0.717) is 35.1 Å². The zero-order chi connectivity index (χ0) is 29.3. The summed E-state index contributed by atoms with van der Waals surface area (Å²) in [7, 11) is 0. The SMILES string of the molecule is CCCCCCCCCCOc1cnc(-c2ccc(C(=O)Oc3ccc(C(=O)O[C@H](C)CCCC)cc3)cc2)nc1. The first-order valence-electron chi connectivity index (χ1n) is 15.1. The van der Waals surface area contributed by atoms with E-state index in [0.717, 1.165) is 31.2 Å². The van der Waals surface area contributed by atoms with Crippen molar-refractivity contribution < 1.29 is 23.8 Å². The van der Waals surface area contributed by atoms with Crippen molar-refractivity contribution in [2.75, 3.05) is 6.61 Å². The second-order valence-electron chi connectivity index (χ2n) is 10.4. The molecule has 7 heteroatoms. The molecule has 0 unspecified atom stereocenters. The van der Waals surface area contributed by atoms with Crippen LogP contribution in [-0.2, 0) is 4.74 Å². The standard InChI is InChI=1S/C34H44N2O5/c1-4-6-8-9-10-11-12-13-23-39-31-24-35-32(36-25-31)27-15-17-28(18-16-27)34(38)41-30-21-19-29(20-22-30)33(37)40-26(3)14-7-5-2/h15-22,24-26H,4-14,23H2,1-3H3/t26-/m1/s1. The zero-order valence-corrected chi connectivity index (χ0v) is 24.8. The van der Waals surface area contributed by atoms with Gasteiger partial charge in [0.15, 0.2) is 11.6 Å². The fourth-order valence-electron chi connectivity index (χ4n) is 4.35. The Morgan fingerprint density at radius 1 is 0.683 bits per heavy atom. The largest absolute Gasteiger partial charge is 0.490 e. The van der Waals surface area contributed by atoms with E-state index in [2.05, 4.69) is 23.8 Å². The summed E-state index contributed by atoms with van der Waals surface area (Å²) in [5.74, 6) is 0.677. The van der Waals surface area contributed by atoms with Crippen molar-refractivity contribution in [1.82, 2.24) is 9.97 Å². The zero-order valence-electron chi connectivity index (χ0n) is 24.8. The first-order chi connectivity index (χ1) is 20.0. The van der Waals surface area contributed by atoms with E-state index in [1.54, 1.807) is 60.9 Å². The average molecular weight is 561 g/mol. The number of unbranched alkanes of at least 4 members (excludes halogenated alkanes) is 8. The summed E-state index contributed by atoms with van der Waals surface area (Å²) in [4.78, 5) is 33.8. The van der Waals surface area contributed by atoms with Crippen LogP contribution >= 0.6 is 0 Å². The van der Waals surface area contributed by atoms with Gasteiger partial charge < -0.3 is 14.2 Å². The second kappa shape index (κ2) is 17.8. The smallest absolute Gasteiger partial charge is 0.343 e. The summed E-state index contributed by atoms with van der Waals surface area (Å²) in [5, 5.41) is 0. The summed E-state index contributed by atoms with van der Waals surface area (Å²) in [5.41, 5.74) is 1.60. The van der Waals surface area contributed by atoms with Crippen molar-refractivity contribution in [2.45, 2.75) is 97.5 Å². The molecule has 1 aromatic heterocycles. The van der Waals surface area contributed by atoms with Gasteiger partial charge in [0.25, 0.3) is 0 Å². The van der Waals surface area contributed by atoms with Gasteiger partial charge in [0.2, 0.25) is 0 Å². The monoisotopic (exact) mass is 560 g/mol. The van der Waals surface area contributed by atoms with Crippen molar-refractivity contribution in [3.8, 4) is 22.9 Å². The van der Waals surface area contributed by atoms with Gasteiger partial charge in [-0.3, -0.25) is 0 Å². The maximum absolute atomic E-state index is 12.6. The molecule has 0 aliphatic carbocycles. The Labute approximate surface area is 244 Å². The number of benzene rings is 2. The van der Waals surface area contributed by atoms with E-state index in [1.165, 1.54) is 44.9 Å². The molecule has 0 amide bonds. The van der Waals surface area contributed by atoms with Gasteiger partial charge in [-0.2, -0.15) is 0 Å². The lowest BCUT2D eigenvalue weighted by molar-refractivity contribution is 0.0320. The fourth-order valence-corrected chi connectivity index (χ4v) is 4.35. The lowest BCUT2D eigenvalue weighted by Crippen LogP contribution is -2.15. The van der Waals surface area contributed by atoms with E-state index < -0.39 is 5.97 Å². The van der Waals surface area contributed by atoms with Crippen molar-refractivity contribution in [3.05, 3.63) is 72.1 Å². The number of esters is 2. The Balaban J connectivity index is 1.42. The van der Waals surface area contributed by atoms with Crippen LogP contribution in [0, 0.1) is 0 Å². The number of carbonyl (C=O) groups is 2. The van der Waals surface area contributed by atoms with Crippen LogP contribution < -0.4 is 9.47 Å². The number of carbonyl (C=O) groups excluding carboxylic acids is 2. The molecule has 0 spiro atoms. The predicted molar refractivity (Wildman–Crippen MR) is 161 cm³/mol. The first kappa shape index (κ1) is 31.8. The Hall–Kier alpha value is -3.74. The quantitative estimate of drug-likeness (QED) is 0.0874.